The molecule has 1 aliphatic rings. The molecule has 24 heavy (non-hydrogen) atoms. The van der Waals surface area contributed by atoms with Crippen molar-refractivity contribution in [1.82, 2.24) is 15.1 Å². The lowest BCUT2D eigenvalue weighted by Gasteiger charge is -2.39. The fourth-order valence-electron chi connectivity index (χ4n) is 2.51. The van der Waals surface area contributed by atoms with Gasteiger partial charge in [-0.3, -0.25) is 4.90 Å². The van der Waals surface area contributed by atoms with Crippen molar-refractivity contribution in [3.05, 3.63) is 24.2 Å². The summed E-state index contributed by atoms with van der Waals surface area (Å²) in [5, 5.41) is 3.18. The van der Waals surface area contributed by atoms with Crippen molar-refractivity contribution in [2.75, 3.05) is 32.7 Å². The van der Waals surface area contributed by atoms with Crippen LogP contribution in [-0.2, 0) is 6.54 Å². The number of hydrogen-bond acceptors (Lipinski definition) is 3. The summed E-state index contributed by atoms with van der Waals surface area (Å²) in [5.41, 5.74) is 0. The molecule has 1 aromatic rings. The van der Waals surface area contributed by atoms with E-state index in [9.17, 15) is 13.2 Å². The van der Waals surface area contributed by atoms with Gasteiger partial charge in [-0.1, -0.05) is 0 Å². The molecule has 9 heteroatoms. The Morgan fingerprint density at radius 3 is 2.50 bits per heavy atom. The summed E-state index contributed by atoms with van der Waals surface area (Å²) in [5.74, 6) is 1.47. The third-order valence-corrected chi connectivity index (χ3v) is 3.93. The Morgan fingerprint density at radius 2 is 2.00 bits per heavy atom. The van der Waals surface area contributed by atoms with Crippen molar-refractivity contribution in [3.8, 4) is 0 Å². The minimum absolute atomic E-state index is 0. The zero-order valence-corrected chi connectivity index (χ0v) is 16.2. The first-order chi connectivity index (χ1) is 10.9. The van der Waals surface area contributed by atoms with Gasteiger partial charge in [0.15, 0.2) is 5.96 Å². The van der Waals surface area contributed by atoms with Crippen molar-refractivity contribution in [3.63, 3.8) is 0 Å². The summed E-state index contributed by atoms with van der Waals surface area (Å²) in [6, 6.07) is 2.23. The van der Waals surface area contributed by atoms with Crippen LogP contribution in [0, 0.1) is 0 Å². The van der Waals surface area contributed by atoms with Crippen molar-refractivity contribution in [2.45, 2.75) is 32.6 Å². The highest BCUT2D eigenvalue weighted by Crippen LogP contribution is 2.25. The van der Waals surface area contributed by atoms with E-state index >= 15 is 0 Å². The molecule has 1 unspecified atom stereocenters. The van der Waals surface area contributed by atoms with E-state index in [4.69, 9.17) is 4.42 Å². The quantitative estimate of drug-likeness (QED) is 0.427. The van der Waals surface area contributed by atoms with Crippen molar-refractivity contribution >= 4 is 29.9 Å². The number of aliphatic imine (C=N–C) groups is 1. The molecule has 5 nitrogen and oxygen atoms in total. The van der Waals surface area contributed by atoms with Crippen LogP contribution in [-0.4, -0.2) is 60.7 Å². The van der Waals surface area contributed by atoms with Gasteiger partial charge in [0, 0.05) is 32.7 Å². The lowest BCUT2D eigenvalue weighted by molar-refractivity contribution is -0.181. The summed E-state index contributed by atoms with van der Waals surface area (Å²) in [6.07, 6.45) is -2.59. The molecular weight excluding hydrogens is 436 g/mol. The second-order valence-electron chi connectivity index (χ2n) is 5.49. The van der Waals surface area contributed by atoms with E-state index in [-0.39, 0.29) is 24.0 Å². The van der Waals surface area contributed by atoms with Gasteiger partial charge in [0.2, 0.25) is 0 Å². The number of halogens is 4. The first kappa shape index (κ1) is 21.1. The van der Waals surface area contributed by atoms with Crippen LogP contribution in [0.1, 0.15) is 19.6 Å². The van der Waals surface area contributed by atoms with E-state index in [1.54, 1.807) is 12.3 Å². The number of alkyl halides is 3. The van der Waals surface area contributed by atoms with Gasteiger partial charge in [0.05, 0.1) is 6.26 Å². The van der Waals surface area contributed by atoms with Crippen LogP contribution in [0.3, 0.4) is 0 Å². The van der Waals surface area contributed by atoms with Gasteiger partial charge < -0.3 is 14.6 Å². The topological polar surface area (TPSA) is 44.0 Å². The fraction of sp³-hybridized carbons (Fsp3) is 0.667. The van der Waals surface area contributed by atoms with Gasteiger partial charge in [-0.2, -0.15) is 13.2 Å². The fourth-order valence-corrected chi connectivity index (χ4v) is 2.51. The predicted molar refractivity (Wildman–Crippen MR) is 97.6 cm³/mol. The zero-order chi connectivity index (χ0) is 16.9. The lowest BCUT2D eigenvalue weighted by Crippen LogP contribution is -2.56. The molecule has 1 aliphatic heterocycles. The average molecular weight is 460 g/mol. The van der Waals surface area contributed by atoms with Crippen LogP contribution >= 0.6 is 24.0 Å². The normalized spacial score (nSPS) is 18.2. The number of rotatable bonds is 4. The highest BCUT2D eigenvalue weighted by molar-refractivity contribution is 14.0. The molecule has 1 atom stereocenters. The number of guanidine groups is 1. The average Bonchev–Trinajstić information content (AvgIpc) is 3.03. The minimum Gasteiger partial charge on any atom is -0.467 e. The third-order valence-electron chi connectivity index (χ3n) is 3.93. The molecule has 2 rings (SSSR count). The van der Waals surface area contributed by atoms with E-state index in [0.717, 1.165) is 5.76 Å². The van der Waals surface area contributed by atoms with Gasteiger partial charge >= 0.3 is 6.18 Å². The molecule has 1 fully saturated rings. The lowest BCUT2D eigenvalue weighted by atomic mass is 10.2. The second-order valence-corrected chi connectivity index (χ2v) is 5.49. The Hall–Kier alpha value is -0.970. The highest BCUT2D eigenvalue weighted by atomic mass is 127. The van der Waals surface area contributed by atoms with Crippen LogP contribution in [0.5, 0.6) is 0 Å². The van der Waals surface area contributed by atoms with Crippen LogP contribution < -0.4 is 5.32 Å². The molecule has 0 aliphatic carbocycles. The standard InChI is InChI=1S/C15H23F3N4O.HI/c1-3-19-14(20-11-13-5-4-10-23-13)22-8-6-21(7-9-22)12(2)15(16,17)18;/h4-5,10,12H,3,6-9,11H2,1-2H3,(H,19,20);1H. The molecule has 0 amide bonds. The largest absolute Gasteiger partial charge is 0.467 e. The number of nitrogens with zero attached hydrogens (tertiary/aromatic N) is 3. The smallest absolute Gasteiger partial charge is 0.403 e. The molecule has 1 N–H and O–H groups in total. The maximum absolute atomic E-state index is 12.8. The van der Waals surface area contributed by atoms with Gasteiger partial charge in [-0.15, -0.1) is 24.0 Å². The maximum atomic E-state index is 12.8. The molecule has 138 valence electrons. The number of hydrogen-bond donors (Lipinski definition) is 1. The Labute approximate surface area is 157 Å². The molecule has 0 radical (unpaired) electrons. The first-order valence-corrected chi connectivity index (χ1v) is 7.78. The van der Waals surface area contributed by atoms with E-state index in [2.05, 4.69) is 10.3 Å². The highest BCUT2D eigenvalue weighted by Gasteiger charge is 2.41. The third kappa shape index (κ3) is 5.83. The van der Waals surface area contributed by atoms with Crippen LogP contribution in [0.25, 0.3) is 0 Å². The number of piperazine rings is 1. The molecule has 0 spiro atoms. The number of furan rings is 1. The maximum Gasteiger partial charge on any atom is 0.403 e. The second kappa shape index (κ2) is 9.50. The summed E-state index contributed by atoms with van der Waals surface area (Å²) < 4.78 is 43.6. The predicted octanol–water partition coefficient (Wildman–Crippen LogP) is 2.93. The van der Waals surface area contributed by atoms with Gasteiger partial charge in [-0.25, -0.2) is 4.99 Å². The van der Waals surface area contributed by atoms with E-state index in [0.29, 0.717) is 45.2 Å². The Balaban J connectivity index is 0.00000288. The van der Waals surface area contributed by atoms with E-state index in [1.165, 1.54) is 11.8 Å². The Morgan fingerprint density at radius 1 is 1.33 bits per heavy atom. The van der Waals surface area contributed by atoms with Crippen LogP contribution in [0.2, 0.25) is 0 Å². The van der Waals surface area contributed by atoms with E-state index in [1.807, 2.05) is 17.9 Å². The zero-order valence-electron chi connectivity index (χ0n) is 13.8. The molecule has 0 aromatic carbocycles. The van der Waals surface area contributed by atoms with E-state index < -0.39 is 12.2 Å². The molecule has 2 heterocycles. The van der Waals surface area contributed by atoms with Gasteiger partial charge in [0.25, 0.3) is 0 Å². The molecule has 0 saturated carbocycles. The summed E-state index contributed by atoms with van der Waals surface area (Å²) in [6.45, 7) is 6.06. The van der Waals surface area contributed by atoms with Crippen molar-refractivity contribution in [2.24, 2.45) is 4.99 Å². The van der Waals surface area contributed by atoms with Crippen LogP contribution in [0.15, 0.2) is 27.8 Å². The monoisotopic (exact) mass is 460 g/mol. The number of nitrogens with one attached hydrogen (secondary N) is 1. The molecule has 1 aromatic heterocycles. The van der Waals surface area contributed by atoms with Gasteiger partial charge in [0.1, 0.15) is 18.3 Å². The van der Waals surface area contributed by atoms with Crippen LogP contribution in [0.4, 0.5) is 13.2 Å². The minimum atomic E-state index is -4.18. The molecular formula is C15H24F3IN4O. The van der Waals surface area contributed by atoms with Gasteiger partial charge in [-0.05, 0) is 26.0 Å². The summed E-state index contributed by atoms with van der Waals surface area (Å²) in [7, 11) is 0. The summed E-state index contributed by atoms with van der Waals surface area (Å²) >= 11 is 0. The Kier molecular flexibility index (Phi) is 8.34. The SMILES string of the molecule is CCNC(=NCc1ccco1)N1CCN(C(C)C(F)(F)F)CC1.I. The Bertz CT molecular complexity index is 499. The molecule has 1 saturated heterocycles. The van der Waals surface area contributed by atoms with Crippen molar-refractivity contribution in [1.29, 1.82) is 0 Å². The molecule has 0 bridgehead atoms. The summed E-state index contributed by atoms with van der Waals surface area (Å²) in [4.78, 5) is 7.95. The first-order valence-electron chi connectivity index (χ1n) is 7.78. The van der Waals surface area contributed by atoms with Crippen molar-refractivity contribution < 1.29 is 17.6 Å².